The topological polar surface area (TPSA) is 67.9 Å². The summed E-state index contributed by atoms with van der Waals surface area (Å²) in [6, 6.07) is 22.8. The number of nitrogens with zero attached hydrogens (tertiary/aromatic N) is 1. The number of carbonyl (C=O) groups excluding carboxylic acids is 2. The molecule has 1 N–H and O–H groups in total. The van der Waals surface area contributed by atoms with Crippen LogP contribution in [0.3, 0.4) is 0 Å². The van der Waals surface area contributed by atoms with Gasteiger partial charge in [0, 0.05) is 24.3 Å². The first-order valence-corrected chi connectivity index (χ1v) is 11.3. The monoisotopic (exact) mass is 444 g/mol. The normalized spacial score (nSPS) is 13.4. The third-order valence-electron chi connectivity index (χ3n) is 5.52. The van der Waals surface area contributed by atoms with Gasteiger partial charge in [0.1, 0.15) is 0 Å². The van der Waals surface area contributed by atoms with E-state index in [2.05, 4.69) is 10.2 Å². The number of anilines is 2. The minimum absolute atomic E-state index is 0.235. The summed E-state index contributed by atoms with van der Waals surface area (Å²) in [4.78, 5) is 27.7. The molecular formula is C27H28N2O4. The molecule has 0 radical (unpaired) electrons. The summed E-state index contributed by atoms with van der Waals surface area (Å²) in [5.74, 6) is -0.622. The molecule has 1 heterocycles. The number of nitrogens with one attached hydrogen (secondary N) is 1. The van der Waals surface area contributed by atoms with Crippen molar-refractivity contribution in [2.75, 3.05) is 43.1 Å². The minimum Gasteiger partial charge on any atom is -0.462 e. The second kappa shape index (κ2) is 10.8. The van der Waals surface area contributed by atoms with Crippen molar-refractivity contribution < 1.29 is 19.1 Å². The highest BCUT2D eigenvalue weighted by atomic mass is 16.5. The highest BCUT2D eigenvalue weighted by molar-refractivity contribution is 6.06. The molecule has 3 aromatic carbocycles. The van der Waals surface area contributed by atoms with Crippen LogP contribution in [0.25, 0.3) is 11.1 Å². The fourth-order valence-electron chi connectivity index (χ4n) is 3.78. The van der Waals surface area contributed by atoms with E-state index in [0.717, 1.165) is 23.2 Å². The van der Waals surface area contributed by atoms with Crippen molar-refractivity contribution >= 4 is 23.3 Å². The predicted molar refractivity (Wildman–Crippen MR) is 130 cm³/mol. The molecule has 0 aromatic heterocycles. The van der Waals surface area contributed by atoms with Crippen LogP contribution in [0.15, 0.2) is 72.8 Å². The van der Waals surface area contributed by atoms with E-state index < -0.39 is 0 Å². The number of benzene rings is 3. The first-order chi connectivity index (χ1) is 16.2. The van der Waals surface area contributed by atoms with Crippen LogP contribution < -0.4 is 10.2 Å². The predicted octanol–water partition coefficient (Wildman–Crippen LogP) is 5.01. The van der Waals surface area contributed by atoms with E-state index in [1.165, 1.54) is 0 Å². The summed E-state index contributed by atoms with van der Waals surface area (Å²) < 4.78 is 10.8. The van der Waals surface area contributed by atoms with Gasteiger partial charge in [-0.3, -0.25) is 4.79 Å². The number of carbonyl (C=O) groups is 2. The van der Waals surface area contributed by atoms with E-state index in [1.54, 1.807) is 18.2 Å². The maximum atomic E-state index is 12.8. The Morgan fingerprint density at radius 2 is 1.64 bits per heavy atom. The van der Waals surface area contributed by atoms with Crippen LogP contribution in [0.2, 0.25) is 0 Å². The molecule has 1 amide bonds. The minimum atomic E-state index is -0.387. The SMILES string of the molecule is CCCOC(=O)c1cc(NC(=O)c2ccc(-c3ccccc3)cc2)ccc1N1CCOCC1. The van der Waals surface area contributed by atoms with Crippen LogP contribution in [0.1, 0.15) is 34.1 Å². The van der Waals surface area contributed by atoms with Crippen LogP contribution in [0.5, 0.6) is 0 Å². The van der Waals surface area contributed by atoms with Gasteiger partial charge in [0.2, 0.25) is 0 Å². The molecule has 0 aliphatic carbocycles. The van der Waals surface area contributed by atoms with Crippen LogP contribution in [0.4, 0.5) is 11.4 Å². The molecule has 1 fully saturated rings. The van der Waals surface area contributed by atoms with Crippen molar-refractivity contribution in [3.8, 4) is 11.1 Å². The van der Waals surface area contributed by atoms with E-state index in [4.69, 9.17) is 9.47 Å². The van der Waals surface area contributed by atoms with Gasteiger partial charge in [0.05, 0.1) is 31.1 Å². The summed E-state index contributed by atoms with van der Waals surface area (Å²) in [6.45, 7) is 4.94. The van der Waals surface area contributed by atoms with Gasteiger partial charge in [0.25, 0.3) is 5.91 Å². The molecule has 0 saturated carbocycles. The smallest absolute Gasteiger partial charge is 0.340 e. The summed E-state index contributed by atoms with van der Waals surface area (Å²) in [6.07, 6.45) is 0.744. The molecule has 6 nitrogen and oxygen atoms in total. The summed E-state index contributed by atoms with van der Waals surface area (Å²) in [5, 5.41) is 2.91. The average molecular weight is 445 g/mol. The number of hydrogen-bond acceptors (Lipinski definition) is 5. The first kappa shape index (κ1) is 22.6. The standard InChI is InChI=1S/C27H28N2O4/c1-2-16-33-27(31)24-19-23(12-13-25(24)29-14-17-32-18-15-29)28-26(30)22-10-8-21(9-11-22)20-6-4-3-5-7-20/h3-13,19H,2,14-18H2,1H3,(H,28,30). The molecule has 0 spiro atoms. The summed E-state index contributed by atoms with van der Waals surface area (Å²) in [7, 11) is 0. The molecule has 1 aliphatic heterocycles. The lowest BCUT2D eigenvalue weighted by atomic mass is 10.0. The zero-order chi connectivity index (χ0) is 23.0. The average Bonchev–Trinajstić information content (AvgIpc) is 2.88. The van der Waals surface area contributed by atoms with Crippen LogP contribution in [-0.2, 0) is 9.47 Å². The lowest BCUT2D eigenvalue weighted by Crippen LogP contribution is -2.37. The van der Waals surface area contributed by atoms with Crippen molar-refractivity contribution in [3.05, 3.63) is 83.9 Å². The van der Waals surface area contributed by atoms with Crippen LogP contribution in [0, 0.1) is 0 Å². The number of morpholine rings is 1. The Morgan fingerprint density at radius 3 is 2.33 bits per heavy atom. The fourth-order valence-corrected chi connectivity index (χ4v) is 3.78. The van der Waals surface area contributed by atoms with Gasteiger partial charge in [-0.25, -0.2) is 4.79 Å². The molecule has 0 bridgehead atoms. The van der Waals surface area contributed by atoms with Crippen LogP contribution in [-0.4, -0.2) is 44.8 Å². The molecule has 170 valence electrons. The van der Waals surface area contributed by atoms with E-state index in [9.17, 15) is 9.59 Å². The third kappa shape index (κ3) is 5.59. The lowest BCUT2D eigenvalue weighted by Gasteiger charge is -2.30. The van der Waals surface area contributed by atoms with Crippen LogP contribution >= 0.6 is 0 Å². The van der Waals surface area contributed by atoms with Gasteiger partial charge in [-0.15, -0.1) is 0 Å². The Morgan fingerprint density at radius 1 is 0.939 bits per heavy atom. The zero-order valence-electron chi connectivity index (χ0n) is 18.8. The number of amides is 1. The number of hydrogen-bond donors (Lipinski definition) is 1. The van der Waals surface area contributed by atoms with Gasteiger partial charge in [-0.05, 0) is 47.9 Å². The van der Waals surface area contributed by atoms with Crippen molar-refractivity contribution in [2.45, 2.75) is 13.3 Å². The third-order valence-corrected chi connectivity index (χ3v) is 5.52. The molecule has 0 atom stereocenters. The highest BCUT2D eigenvalue weighted by Gasteiger charge is 2.21. The second-order valence-electron chi connectivity index (χ2n) is 7.86. The van der Waals surface area contributed by atoms with Gasteiger partial charge in [-0.2, -0.15) is 0 Å². The maximum absolute atomic E-state index is 12.8. The quantitative estimate of drug-likeness (QED) is 0.519. The zero-order valence-corrected chi connectivity index (χ0v) is 18.8. The molecule has 4 rings (SSSR count). The van der Waals surface area contributed by atoms with E-state index in [-0.39, 0.29) is 11.9 Å². The van der Waals surface area contributed by atoms with Gasteiger partial charge in [-0.1, -0.05) is 49.4 Å². The molecular weight excluding hydrogens is 416 g/mol. The summed E-state index contributed by atoms with van der Waals surface area (Å²) >= 11 is 0. The van der Waals surface area contributed by atoms with E-state index >= 15 is 0 Å². The lowest BCUT2D eigenvalue weighted by molar-refractivity contribution is 0.0504. The van der Waals surface area contributed by atoms with Crippen molar-refractivity contribution in [2.24, 2.45) is 0 Å². The largest absolute Gasteiger partial charge is 0.462 e. The Labute approximate surface area is 194 Å². The second-order valence-corrected chi connectivity index (χ2v) is 7.86. The molecule has 1 saturated heterocycles. The van der Waals surface area contributed by atoms with E-state index in [1.807, 2.05) is 61.5 Å². The Kier molecular flexibility index (Phi) is 7.37. The first-order valence-electron chi connectivity index (χ1n) is 11.3. The Balaban J connectivity index is 1.53. The number of esters is 1. The van der Waals surface area contributed by atoms with Gasteiger partial charge in [0.15, 0.2) is 0 Å². The molecule has 6 heteroatoms. The fraction of sp³-hybridized carbons (Fsp3) is 0.259. The maximum Gasteiger partial charge on any atom is 0.340 e. The van der Waals surface area contributed by atoms with Crippen molar-refractivity contribution in [1.29, 1.82) is 0 Å². The molecule has 0 unspecified atom stereocenters. The van der Waals surface area contributed by atoms with Gasteiger partial charge < -0.3 is 19.7 Å². The number of ether oxygens (including phenoxy) is 2. The summed E-state index contributed by atoms with van der Waals surface area (Å²) in [5.41, 5.74) is 4.48. The Bertz CT molecular complexity index is 1090. The molecule has 33 heavy (non-hydrogen) atoms. The molecule has 3 aromatic rings. The highest BCUT2D eigenvalue weighted by Crippen LogP contribution is 2.27. The number of rotatable bonds is 7. The van der Waals surface area contributed by atoms with E-state index in [0.29, 0.717) is 49.7 Å². The van der Waals surface area contributed by atoms with Gasteiger partial charge >= 0.3 is 5.97 Å². The Hall–Kier alpha value is -3.64. The molecule has 1 aliphatic rings. The van der Waals surface area contributed by atoms with Crippen molar-refractivity contribution in [3.63, 3.8) is 0 Å². The van der Waals surface area contributed by atoms with Crippen molar-refractivity contribution in [1.82, 2.24) is 0 Å².